The lowest BCUT2D eigenvalue weighted by molar-refractivity contribution is -0.118. The van der Waals surface area contributed by atoms with Gasteiger partial charge in [-0.2, -0.15) is 0 Å². The predicted octanol–water partition coefficient (Wildman–Crippen LogP) is 5.26. The van der Waals surface area contributed by atoms with E-state index in [-0.39, 0.29) is 17.3 Å². The third-order valence-electron chi connectivity index (χ3n) is 3.99. The fourth-order valence-corrected chi connectivity index (χ4v) is 3.68. The van der Waals surface area contributed by atoms with Crippen molar-refractivity contribution in [3.63, 3.8) is 0 Å². The van der Waals surface area contributed by atoms with Crippen LogP contribution in [0.15, 0.2) is 66.7 Å². The van der Waals surface area contributed by atoms with E-state index in [4.69, 9.17) is 4.74 Å². The number of rotatable bonds is 5. The summed E-state index contributed by atoms with van der Waals surface area (Å²) in [5.41, 5.74) is 1.87. The summed E-state index contributed by atoms with van der Waals surface area (Å²) in [6.45, 7) is -0.239. The van der Waals surface area contributed by atoms with E-state index in [1.807, 2.05) is 48.5 Å². The first-order chi connectivity index (χ1) is 13.6. The van der Waals surface area contributed by atoms with Crippen molar-refractivity contribution < 1.29 is 18.3 Å². The zero-order valence-corrected chi connectivity index (χ0v) is 15.3. The largest absolute Gasteiger partial charge is 0.483 e. The van der Waals surface area contributed by atoms with E-state index < -0.39 is 17.5 Å². The number of carbonyl (C=O) groups is 1. The number of hydrogen-bond donors (Lipinski definition) is 1. The van der Waals surface area contributed by atoms with Gasteiger partial charge in [0, 0.05) is 11.6 Å². The molecule has 1 N–H and O–H groups in total. The Hall–Kier alpha value is -3.32. The zero-order valence-electron chi connectivity index (χ0n) is 14.5. The number of aromatic nitrogens is 1. The summed E-state index contributed by atoms with van der Waals surface area (Å²) in [4.78, 5) is 16.2. The smallest absolute Gasteiger partial charge is 0.264 e. The van der Waals surface area contributed by atoms with Crippen LogP contribution in [0.25, 0.3) is 21.3 Å². The molecular formula is C21H14F2N2O2S. The molecule has 0 aliphatic heterocycles. The van der Waals surface area contributed by atoms with Gasteiger partial charge in [-0.05, 0) is 17.7 Å². The zero-order chi connectivity index (χ0) is 19.5. The van der Waals surface area contributed by atoms with Crippen molar-refractivity contribution in [2.45, 2.75) is 0 Å². The second-order valence-corrected chi connectivity index (χ2v) is 6.98. The molecule has 4 rings (SSSR count). The fourth-order valence-electron chi connectivity index (χ4n) is 2.76. The summed E-state index contributed by atoms with van der Waals surface area (Å²) in [5, 5.41) is 2.75. The van der Waals surface area contributed by atoms with Crippen molar-refractivity contribution in [2.24, 2.45) is 0 Å². The number of amides is 1. The number of thiazole rings is 1. The van der Waals surface area contributed by atoms with Crippen molar-refractivity contribution >= 4 is 32.6 Å². The molecule has 1 aromatic heterocycles. The third kappa shape index (κ3) is 3.84. The lowest BCUT2D eigenvalue weighted by Crippen LogP contribution is -2.20. The van der Waals surface area contributed by atoms with Gasteiger partial charge in [0.2, 0.25) is 0 Å². The molecule has 3 aromatic carbocycles. The van der Waals surface area contributed by atoms with Crippen LogP contribution >= 0.6 is 11.3 Å². The second kappa shape index (κ2) is 7.74. The molecule has 28 heavy (non-hydrogen) atoms. The van der Waals surface area contributed by atoms with Gasteiger partial charge in [0.15, 0.2) is 17.6 Å². The Kier molecular flexibility index (Phi) is 4.99. The molecule has 4 aromatic rings. The number of nitrogens with one attached hydrogen (secondary N) is 1. The van der Waals surface area contributed by atoms with Crippen LogP contribution in [0.3, 0.4) is 0 Å². The normalized spacial score (nSPS) is 10.8. The summed E-state index contributed by atoms with van der Waals surface area (Å²) in [6, 6.07) is 19.0. The van der Waals surface area contributed by atoms with Crippen molar-refractivity contribution in [2.75, 3.05) is 11.9 Å². The van der Waals surface area contributed by atoms with Crippen LogP contribution in [0.2, 0.25) is 0 Å². The Balaban J connectivity index is 1.47. The molecule has 0 radical (unpaired) electrons. The van der Waals surface area contributed by atoms with Gasteiger partial charge in [-0.1, -0.05) is 59.9 Å². The van der Waals surface area contributed by atoms with E-state index in [2.05, 4.69) is 10.3 Å². The van der Waals surface area contributed by atoms with Gasteiger partial charge in [-0.3, -0.25) is 10.1 Å². The van der Waals surface area contributed by atoms with E-state index in [1.165, 1.54) is 6.07 Å². The maximum Gasteiger partial charge on any atom is 0.264 e. The first kappa shape index (κ1) is 18.1. The van der Waals surface area contributed by atoms with Crippen molar-refractivity contribution in [3.8, 4) is 16.9 Å². The molecule has 0 saturated carbocycles. The average molecular weight is 396 g/mol. The Morgan fingerprint density at radius 2 is 1.79 bits per heavy atom. The molecule has 4 nitrogen and oxygen atoms in total. The Morgan fingerprint density at radius 1 is 1.04 bits per heavy atom. The van der Waals surface area contributed by atoms with Crippen LogP contribution in [-0.4, -0.2) is 17.5 Å². The standard InChI is InChI=1S/C21H14F2N2O2S/c22-14-10-16(23)20-18(11-14)28-21(25-20)24-19(26)12-27-17-9-5-4-8-15(17)13-6-2-1-3-7-13/h1-11H,12H2,(H,24,25,26). The molecule has 0 aliphatic carbocycles. The number of halogens is 2. The highest BCUT2D eigenvalue weighted by atomic mass is 32.1. The molecule has 1 heterocycles. The average Bonchev–Trinajstić information content (AvgIpc) is 3.10. The molecule has 140 valence electrons. The predicted molar refractivity (Wildman–Crippen MR) is 106 cm³/mol. The van der Waals surface area contributed by atoms with Crippen LogP contribution in [0.4, 0.5) is 13.9 Å². The molecular weight excluding hydrogens is 382 g/mol. The van der Waals surface area contributed by atoms with Gasteiger partial charge in [0.1, 0.15) is 17.1 Å². The highest BCUT2D eigenvalue weighted by molar-refractivity contribution is 7.22. The van der Waals surface area contributed by atoms with Crippen molar-refractivity contribution in [1.82, 2.24) is 4.98 Å². The molecule has 1 amide bonds. The van der Waals surface area contributed by atoms with E-state index in [1.54, 1.807) is 6.07 Å². The number of ether oxygens (including phenoxy) is 1. The van der Waals surface area contributed by atoms with E-state index in [0.29, 0.717) is 10.4 Å². The van der Waals surface area contributed by atoms with E-state index >= 15 is 0 Å². The fraction of sp³-hybridized carbons (Fsp3) is 0.0476. The van der Waals surface area contributed by atoms with Crippen LogP contribution in [0.5, 0.6) is 5.75 Å². The molecule has 0 fully saturated rings. The van der Waals surface area contributed by atoms with Gasteiger partial charge >= 0.3 is 0 Å². The summed E-state index contributed by atoms with van der Waals surface area (Å²) in [7, 11) is 0. The summed E-state index contributed by atoms with van der Waals surface area (Å²) in [6.07, 6.45) is 0. The summed E-state index contributed by atoms with van der Waals surface area (Å²) >= 11 is 0.997. The second-order valence-electron chi connectivity index (χ2n) is 5.95. The molecule has 0 aliphatic rings. The van der Waals surface area contributed by atoms with Gasteiger partial charge < -0.3 is 4.74 Å². The maximum absolute atomic E-state index is 13.7. The maximum atomic E-state index is 13.7. The summed E-state index contributed by atoms with van der Waals surface area (Å²) in [5.74, 6) is -1.32. The molecule has 7 heteroatoms. The van der Waals surface area contributed by atoms with Gasteiger partial charge in [-0.15, -0.1) is 0 Å². The minimum atomic E-state index is -0.764. The molecule has 0 saturated heterocycles. The number of benzene rings is 3. The monoisotopic (exact) mass is 396 g/mol. The minimum Gasteiger partial charge on any atom is -0.483 e. The number of anilines is 1. The van der Waals surface area contributed by atoms with Crippen molar-refractivity contribution in [1.29, 1.82) is 0 Å². The third-order valence-corrected chi connectivity index (χ3v) is 4.91. The molecule has 0 bridgehead atoms. The highest BCUT2D eigenvalue weighted by Crippen LogP contribution is 2.30. The first-order valence-corrected chi connectivity index (χ1v) is 9.24. The minimum absolute atomic E-state index is 0.0250. The quantitative estimate of drug-likeness (QED) is 0.501. The number of carbonyl (C=O) groups excluding carboxylic acids is 1. The first-order valence-electron chi connectivity index (χ1n) is 8.43. The molecule has 0 atom stereocenters. The highest BCUT2D eigenvalue weighted by Gasteiger charge is 2.13. The Morgan fingerprint density at radius 3 is 2.61 bits per heavy atom. The van der Waals surface area contributed by atoms with Crippen molar-refractivity contribution in [3.05, 3.63) is 78.4 Å². The van der Waals surface area contributed by atoms with Gasteiger partial charge in [0.25, 0.3) is 5.91 Å². The topological polar surface area (TPSA) is 51.2 Å². The van der Waals surface area contributed by atoms with Gasteiger partial charge in [-0.25, -0.2) is 13.8 Å². The summed E-state index contributed by atoms with van der Waals surface area (Å²) < 4.78 is 33.0. The lowest BCUT2D eigenvalue weighted by atomic mass is 10.1. The lowest BCUT2D eigenvalue weighted by Gasteiger charge is -2.11. The van der Waals surface area contributed by atoms with E-state index in [9.17, 15) is 13.6 Å². The van der Waals surface area contributed by atoms with Crippen LogP contribution in [0.1, 0.15) is 0 Å². The van der Waals surface area contributed by atoms with Gasteiger partial charge in [0.05, 0.1) is 4.70 Å². The van der Waals surface area contributed by atoms with Crippen LogP contribution < -0.4 is 10.1 Å². The number of hydrogen-bond acceptors (Lipinski definition) is 4. The molecule has 0 unspecified atom stereocenters. The Bertz CT molecular complexity index is 1150. The number of fused-ring (bicyclic) bond motifs is 1. The number of para-hydroxylation sites is 1. The van der Waals surface area contributed by atoms with E-state index in [0.717, 1.165) is 28.5 Å². The SMILES string of the molecule is O=C(COc1ccccc1-c1ccccc1)Nc1nc2c(F)cc(F)cc2s1. The van der Waals surface area contributed by atoms with Crippen LogP contribution in [-0.2, 0) is 4.79 Å². The van der Waals surface area contributed by atoms with Crippen LogP contribution in [0, 0.1) is 11.6 Å². The Labute approximate surface area is 163 Å². The molecule has 0 spiro atoms. The number of nitrogens with zero attached hydrogens (tertiary/aromatic N) is 1.